The number of piperidine rings is 1. The predicted octanol–water partition coefficient (Wildman–Crippen LogP) is 1.18. The number of amides is 1. The van der Waals surface area contributed by atoms with Crippen LogP contribution in [0.5, 0.6) is 5.75 Å². The summed E-state index contributed by atoms with van der Waals surface area (Å²) in [5.41, 5.74) is 0.658. The van der Waals surface area contributed by atoms with Gasteiger partial charge < -0.3 is 19.9 Å². The van der Waals surface area contributed by atoms with Crippen molar-refractivity contribution in [2.24, 2.45) is 5.92 Å². The smallest absolute Gasteiger partial charge is 0.251 e. The van der Waals surface area contributed by atoms with E-state index in [1.165, 1.54) is 18.2 Å². The van der Waals surface area contributed by atoms with Gasteiger partial charge in [0.15, 0.2) is 5.75 Å². The van der Waals surface area contributed by atoms with Gasteiger partial charge in [-0.1, -0.05) is 0 Å². The molecule has 1 aromatic carbocycles. The van der Waals surface area contributed by atoms with E-state index in [0.29, 0.717) is 29.8 Å². The zero-order chi connectivity index (χ0) is 14.9. The third kappa shape index (κ3) is 2.67. The van der Waals surface area contributed by atoms with Crippen LogP contribution < -0.4 is 10.2 Å². The van der Waals surface area contributed by atoms with Gasteiger partial charge in [-0.25, -0.2) is 0 Å². The molecule has 1 N–H and O–H groups in total. The summed E-state index contributed by atoms with van der Waals surface area (Å²) < 4.78 is 0. The van der Waals surface area contributed by atoms with Crippen molar-refractivity contribution in [3.05, 3.63) is 42.2 Å². The first-order valence-electron chi connectivity index (χ1n) is 7.68. The van der Waals surface area contributed by atoms with Gasteiger partial charge in [-0.05, 0) is 49.2 Å². The van der Waals surface area contributed by atoms with Gasteiger partial charge in [0.1, 0.15) is 6.26 Å². The lowest BCUT2D eigenvalue weighted by Gasteiger charge is -2.23. The quantitative estimate of drug-likeness (QED) is 0.905. The van der Waals surface area contributed by atoms with E-state index < -0.39 is 0 Å². The van der Waals surface area contributed by atoms with Crippen LogP contribution in [0.4, 0.5) is 0 Å². The Balaban J connectivity index is 1.34. The Morgan fingerprint density at radius 3 is 2.77 bits per heavy atom. The molecular weight excluding hydrogens is 282 g/mol. The van der Waals surface area contributed by atoms with Crippen LogP contribution in [0.1, 0.15) is 16.8 Å². The van der Waals surface area contributed by atoms with Crippen molar-refractivity contribution in [2.75, 3.05) is 26.2 Å². The average molecular weight is 301 g/mol. The summed E-state index contributed by atoms with van der Waals surface area (Å²) in [5, 5.41) is 4.53. The molecule has 4 rings (SSSR count). The van der Waals surface area contributed by atoms with Crippen molar-refractivity contribution < 1.29 is 14.5 Å². The van der Waals surface area contributed by atoms with Gasteiger partial charge >= 0.3 is 0 Å². The summed E-state index contributed by atoms with van der Waals surface area (Å²) in [6, 6.07) is 7.41. The minimum atomic E-state index is -0.00982. The van der Waals surface area contributed by atoms with Crippen molar-refractivity contribution >= 4 is 5.91 Å². The highest BCUT2D eigenvalue weighted by Gasteiger charge is 2.38. The predicted molar refractivity (Wildman–Crippen MR) is 79.8 cm³/mol. The zero-order valence-corrected chi connectivity index (χ0v) is 12.3. The number of carbonyl (C=O) groups is 1. The molecule has 6 heteroatoms. The van der Waals surface area contributed by atoms with Crippen LogP contribution in [-0.4, -0.2) is 48.3 Å². The first-order chi connectivity index (χ1) is 10.8. The summed E-state index contributed by atoms with van der Waals surface area (Å²) in [5.74, 6) is 1.25. The van der Waals surface area contributed by atoms with E-state index in [4.69, 9.17) is 9.68 Å². The second kappa shape index (κ2) is 5.62. The van der Waals surface area contributed by atoms with Crippen molar-refractivity contribution in [2.45, 2.75) is 12.5 Å². The average Bonchev–Trinajstić information content (AvgIpc) is 3.25. The number of nitrogens with one attached hydrogen (secondary N) is 1. The number of fused-ring (bicyclic) bond motifs is 2. The normalized spacial score (nSPS) is 29.5. The molecule has 2 bridgehead atoms. The van der Waals surface area contributed by atoms with Crippen LogP contribution in [0, 0.1) is 5.92 Å². The molecule has 3 aliphatic rings. The Hall–Kier alpha value is -2.05. The standard InChI is InChI=1S/C16H19N3O3/c20-16(17-15-11-18-8-6-13(15)10-18)12-2-4-14(5-3-12)22-19-7-1-9-21-19/h1-5,9,13,15H,6-8,10-11H2,(H,17,20)/t13-,15?/m0/s1. The van der Waals surface area contributed by atoms with Crippen LogP contribution in [0.3, 0.4) is 0 Å². The number of benzene rings is 1. The largest absolute Gasteiger partial charge is 0.379 e. The lowest BCUT2D eigenvalue weighted by Crippen LogP contribution is -2.43. The maximum absolute atomic E-state index is 12.3. The molecule has 3 atom stereocenters. The fraction of sp³-hybridized carbons (Fsp3) is 0.438. The molecule has 1 amide bonds. The monoisotopic (exact) mass is 301 g/mol. The number of hydrogen-bond donors (Lipinski definition) is 1. The van der Waals surface area contributed by atoms with Crippen LogP contribution in [-0.2, 0) is 4.84 Å². The van der Waals surface area contributed by atoms with Crippen LogP contribution in [0.15, 0.2) is 36.6 Å². The second-order valence-electron chi connectivity index (χ2n) is 6.00. The zero-order valence-electron chi connectivity index (χ0n) is 12.3. The van der Waals surface area contributed by atoms with Gasteiger partial charge in [-0.15, -0.1) is 0 Å². The first kappa shape index (κ1) is 13.6. The Labute approximate surface area is 129 Å². The molecular formula is C16H19N3O3. The third-order valence-electron chi connectivity index (χ3n) is 4.50. The minimum Gasteiger partial charge on any atom is -0.379 e. The number of hydrogen-bond acceptors (Lipinski definition) is 5. The van der Waals surface area contributed by atoms with Crippen molar-refractivity contribution in [3.63, 3.8) is 0 Å². The van der Waals surface area contributed by atoms with Crippen molar-refractivity contribution in [1.29, 1.82) is 0 Å². The summed E-state index contributed by atoms with van der Waals surface area (Å²) in [4.78, 5) is 25.3. The van der Waals surface area contributed by atoms with Crippen LogP contribution in [0.2, 0.25) is 0 Å². The van der Waals surface area contributed by atoms with E-state index in [2.05, 4.69) is 10.2 Å². The first-order valence-corrected chi connectivity index (χ1v) is 7.68. The Morgan fingerprint density at radius 1 is 1.27 bits per heavy atom. The fourth-order valence-electron chi connectivity index (χ4n) is 3.33. The van der Waals surface area contributed by atoms with Gasteiger partial charge in [0.25, 0.3) is 5.91 Å². The fourth-order valence-corrected chi connectivity index (χ4v) is 3.33. The highest BCUT2D eigenvalue weighted by Crippen LogP contribution is 2.28. The molecule has 22 heavy (non-hydrogen) atoms. The van der Waals surface area contributed by atoms with Gasteiger partial charge in [-0.3, -0.25) is 4.79 Å². The summed E-state index contributed by atoms with van der Waals surface area (Å²) in [6.07, 6.45) is 4.63. The van der Waals surface area contributed by atoms with E-state index in [1.807, 2.05) is 6.08 Å². The lowest BCUT2D eigenvalue weighted by atomic mass is 9.99. The number of rotatable bonds is 4. The molecule has 0 radical (unpaired) electrons. The van der Waals surface area contributed by atoms with Crippen molar-refractivity contribution in [3.8, 4) is 5.75 Å². The van der Waals surface area contributed by atoms with Crippen molar-refractivity contribution in [1.82, 2.24) is 15.4 Å². The van der Waals surface area contributed by atoms with E-state index in [0.717, 1.165) is 13.1 Å². The third-order valence-corrected chi connectivity index (χ3v) is 4.50. The molecule has 3 heterocycles. The van der Waals surface area contributed by atoms with Crippen LogP contribution >= 0.6 is 0 Å². The topological polar surface area (TPSA) is 54.0 Å². The van der Waals surface area contributed by atoms with E-state index in [1.54, 1.807) is 30.5 Å². The van der Waals surface area contributed by atoms with Gasteiger partial charge in [0.2, 0.25) is 0 Å². The molecule has 0 aromatic heterocycles. The summed E-state index contributed by atoms with van der Waals surface area (Å²) >= 11 is 0. The number of nitrogens with zero attached hydrogens (tertiary/aromatic N) is 2. The molecule has 2 saturated heterocycles. The van der Waals surface area contributed by atoms with Gasteiger partial charge in [0.05, 0.1) is 6.54 Å². The summed E-state index contributed by atoms with van der Waals surface area (Å²) in [6.45, 7) is 3.87. The second-order valence-corrected chi connectivity index (χ2v) is 6.00. The molecule has 116 valence electrons. The molecule has 2 unspecified atom stereocenters. The molecule has 0 spiro atoms. The van der Waals surface area contributed by atoms with E-state index >= 15 is 0 Å². The summed E-state index contributed by atoms with van der Waals surface area (Å²) in [7, 11) is 0. The molecule has 3 aliphatic heterocycles. The van der Waals surface area contributed by atoms with E-state index in [-0.39, 0.29) is 5.91 Å². The number of hydroxylamine groups is 2. The maximum atomic E-state index is 12.3. The van der Waals surface area contributed by atoms with E-state index in [9.17, 15) is 4.79 Å². The Morgan fingerprint density at radius 2 is 2.14 bits per heavy atom. The number of carbonyl (C=O) groups excluding carboxylic acids is 1. The molecule has 1 aromatic rings. The lowest BCUT2D eigenvalue weighted by molar-refractivity contribution is -0.266. The Kier molecular flexibility index (Phi) is 3.48. The molecule has 0 saturated carbocycles. The van der Waals surface area contributed by atoms with Crippen LogP contribution in [0.25, 0.3) is 0 Å². The molecule has 2 fully saturated rings. The molecule has 0 aliphatic carbocycles. The van der Waals surface area contributed by atoms with Gasteiger partial charge in [0, 0.05) is 29.9 Å². The van der Waals surface area contributed by atoms with Gasteiger partial charge in [-0.2, -0.15) is 0 Å². The SMILES string of the molecule is O=C(NC1CN2CC[C@H]1C2)c1ccc(ON2CC=CO2)cc1. The Bertz CT molecular complexity index is 579. The highest BCUT2D eigenvalue weighted by atomic mass is 16.9. The maximum Gasteiger partial charge on any atom is 0.251 e. The highest BCUT2D eigenvalue weighted by molar-refractivity contribution is 5.94. The molecule has 6 nitrogen and oxygen atoms in total. The minimum absolute atomic E-state index is 0.00982.